The van der Waals surface area contributed by atoms with Gasteiger partial charge in [-0.25, -0.2) is 23.6 Å². The number of hydrogen-bond acceptors (Lipinski definition) is 6. The number of anilines is 1. The minimum absolute atomic E-state index is 0.00890. The molecule has 10 heteroatoms. The summed E-state index contributed by atoms with van der Waals surface area (Å²) in [6.07, 6.45) is 3.32. The van der Waals surface area contributed by atoms with E-state index in [2.05, 4.69) is 25.5 Å². The van der Waals surface area contributed by atoms with Crippen molar-refractivity contribution < 1.29 is 13.9 Å². The molecule has 34 heavy (non-hydrogen) atoms. The van der Waals surface area contributed by atoms with Gasteiger partial charge < -0.3 is 10.1 Å². The van der Waals surface area contributed by atoms with Crippen LogP contribution in [0.15, 0.2) is 67.1 Å². The lowest BCUT2D eigenvalue weighted by molar-refractivity contribution is -0.115. The Bertz CT molecular complexity index is 1510. The van der Waals surface area contributed by atoms with Gasteiger partial charge in [-0.05, 0) is 49.4 Å². The summed E-state index contributed by atoms with van der Waals surface area (Å²) in [6, 6.07) is 15.5. The van der Waals surface area contributed by atoms with E-state index < -0.39 is 5.82 Å². The highest BCUT2D eigenvalue weighted by Crippen LogP contribution is 2.25. The molecule has 0 fully saturated rings. The summed E-state index contributed by atoms with van der Waals surface area (Å²) in [7, 11) is 1.38. The van der Waals surface area contributed by atoms with E-state index in [4.69, 9.17) is 4.74 Å². The van der Waals surface area contributed by atoms with Crippen molar-refractivity contribution in [3.63, 3.8) is 0 Å². The fourth-order valence-electron chi connectivity index (χ4n) is 3.63. The molecule has 1 N–H and O–H groups in total. The third-order valence-electron chi connectivity index (χ3n) is 5.20. The van der Waals surface area contributed by atoms with Crippen LogP contribution in [0.5, 0.6) is 5.75 Å². The van der Waals surface area contributed by atoms with Gasteiger partial charge >= 0.3 is 0 Å². The highest BCUT2D eigenvalue weighted by molar-refractivity contribution is 5.92. The van der Waals surface area contributed by atoms with Crippen LogP contribution in [0.4, 0.5) is 10.1 Å². The van der Waals surface area contributed by atoms with Gasteiger partial charge in [-0.2, -0.15) is 10.2 Å². The summed E-state index contributed by atoms with van der Waals surface area (Å²) in [6.45, 7) is 1.90. The van der Waals surface area contributed by atoms with Gasteiger partial charge in [-0.15, -0.1) is 0 Å². The average molecular weight is 457 g/mol. The van der Waals surface area contributed by atoms with Gasteiger partial charge in [-0.3, -0.25) is 4.79 Å². The summed E-state index contributed by atoms with van der Waals surface area (Å²) in [5.74, 6) is -0.153. The lowest BCUT2D eigenvalue weighted by atomic mass is 10.1. The van der Waals surface area contributed by atoms with Crippen molar-refractivity contribution in [1.29, 1.82) is 0 Å². The number of carbonyl (C=O) groups is 1. The first-order chi connectivity index (χ1) is 16.5. The number of hydrogen-bond donors (Lipinski definition) is 1. The van der Waals surface area contributed by atoms with Crippen LogP contribution < -0.4 is 10.1 Å². The van der Waals surface area contributed by atoms with Crippen molar-refractivity contribution in [2.24, 2.45) is 0 Å². The van der Waals surface area contributed by atoms with Crippen LogP contribution in [0.2, 0.25) is 0 Å². The number of pyridine rings is 2. The molecular formula is C24H20FN7O2. The molecule has 0 atom stereocenters. The van der Waals surface area contributed by atoms with Crippen molar-refractivity contribution in [3.8, 4) is 22.8 Å². The Balaban J connectivity index is 1.47. The van der Waals surface area contributed by atoms with E-state index in [-0.39, 0.29) is 18.1 Å². The van der Waals surface area contributed by atoms with Crippen molar-refractivity contribution in [2.75, 3.05) is 12.4 Å². The van der Waals surface area contributed by atoms with E-state index in [0.29, 0.717) is 17.2 Å². The zero-order valence-electron chi connectivity index (χ0n) is 18.4. The maximum atomic E-state index is 14.0. The second-order valence-electron chi connectivity index (χ2n) is 7.62. The molecule has 0 saturated carbocycles. The Hall–Kier alpha value is -4.60. The van der Waals surface area contributed by atoms with Crippen LogP contribution in [-0.4, -0.2) is 42.4 Å². The lowest BCUT2D eigenvalue weighted by Crippen LogP contribution is -2.15. The van der Waals surface area contributed by atoms with E-state index in [9.17, 15) is 9.18 Å². The average Bonchev–Trinajstić information content (AvgIpc) is 3.45. The van der Waals surface area contributed by atoms with Crippen LogP contribution in [0.1, 0.15) is 11.4 Å². The number of nitrogens with zero attached hydrogens (tertiary/aromatic N) is 6. The molecule has 0 radical (unpaired) electrons. The molecular weight excluding hydrogens is 437 g/mol. The zero-order chi connectivity index (χ0) is 23.7. The summed E-state index contributed by atoms with van der Waals surface area (Å²) in [4.78, 5) is 21.4. The smallest absolute Gasteiger partial charge is 0.230 e. The number of halogens is 1. The van der Waals surface area contributed by atoms with Gasteiger partial charge in [0, 0.05) is 29.2 Å². The third-order valence-corrected chi connectivity index (χ3v) is 5.20. The van der Waals surface area contributed by atoms with E-state index >= 15 is 0 Å². The van der Waals surface area contributed by atoms with Crippen LogP contribution in [0.3, 0.4) is 0 Å². The van der Waals surface area contributed by atoms with Crippen LogP contribution >= 0.6 is 0 Å². The normalized spacial score (nSPS) is 11.0. The number of nitrogens with one attached hydrogen (secondary N) is 1. The fraction of sp³-hybridized carbons (Fsp3) is 0.125. The highest BCUT2D eigenvalue weighted by atomic mass is 19.1. The number of aromatic nitrogens is 6. The first-order valence-corrected chi connectivity index (χ1v) is 10.5. The van der Waals surface area contributed by atoms with Crippen molar-refractivity contribution in [1.82, 2.24) is 29.4 Å². The van der Waals surface area contributed by atoms with Gasteiger partial charge in [0.05, 0.1) is 24.9 Å². The number of rotatable bonds is 6. The molecule has 0 bridgehead atoms. The Morgan fingerprint density at radius 1 is 1.15 bits per heavy atom. The van der Waals surface area contributed by atoms with Gasteiger partial charge in [0.25, 0.3) is 0 Å². The van der Waals surface area contributed by atoms with Crippen LogP contribution in [-0.2, 0) is 11.2 Å². The quantitative estimate of drug-likeness (QED) is 0.418. The second kappa shape index (κ2) is 8.74. The van der Waals surface area contributed by atoms with E-state index in [0.717, 1.165) is 22.6 Å². The van der Waals surface area contributed by atoms with Gasteiger partial charge in [0.15, 0.2) is 23.0 Å². The van der Waals surface area contributed by atoms with Crippen molar-refractivity contribution in [3.05, 3.63) is 84.3 Å². The summed E-state index contributed by atoms with van der Waals surface area (Å²) in [5.41, 5.74) is 4.00. The summed E-state index contributed by atoms with van der Waals surface area (Å²) >= 11 is 0. The SMILES string of the molecule is COc1ccc(NC(=O)Cc2cc(-c3ccc4ncnn4c3)n(-c3cccc(C)n3)n2)cc1F. The number of amides is 1. The van der Waals surface area contributed by atoms with E-state index in [1.807, 2.05) is 49.5 Å². The molecule has 0 unspecified atom stereocenters. The topological polar surface area (TPSA) is 99.2 Å². The monoisotopic (exact) mass is 457 g/mol. The molecule has 0 aliphatic carbocycles. The maximum absolute atomic E-state index is 14.0. The zero-order valence-corrected chi connectivity index (χ0v) is 18.4. The van der Waals surface area contributed by atoms with Crippen molar-refractivity contribution in [2.45, 2.75) is 13.3 Å². The van der Waals surface area contributed by atoms with Gasteiger partial charge in [0.1, 0.15) is 6.33 Å². The molecule has 5 aromatic rings. The molecule has 4 aromatic heterocycles. The molecule has 0 aliphatic rings. The molecule has 1 amide bonds. The molecule has 0 aliphatic heterocycles. The van der Waals surface area contributed by atoms with Gasteiger partial charge in [0.2, 0.25) is 5.91 Å². The largest absolute Gasteiger partial charge is 0.494 e. The Kier molecular flexibility index (Phi) is 5.46. The summed E-state index contributed by atoms with van der Waals surface area (Å²) in [5, 5.41) is 11.5. The molecule has 5 rings (SSSR count). The number of methoxy groups -OCH3 is 1. The minimum Gasteiger partial charge on any atom is -0.494 e. The van der Waals surface area contributed by atoms with Crippen LogP contribution in [0, 0.1) is 12.7 Å². The highest BCUT2D eigenvalue weighted by Gasteiger charge is 2.16. The first-order valence-electron chi connectivity index (χ1n) is 10.5. The van der Waals surface area contributed by atoms with Crippen LogP contribution in [0.25, 0.3) is 22.7 Å². The Morgan fingerprint density at radius 2 is 2.03 bits per heavy atom. The molecule has 0 saturated heterocycles. The predicted octanol–water partition coefficient (Wildman–Crippen LogP) is 3.61. The van der Waals surface area contributed by atoms with Crippen molar-refractivity contribution >= 4 is 17.2 Å². The number of fused-ring (bicyclic) bond motifs is 1. The fourth-order valence-corrected chi connectivity index (χ4v) is 3.63. The number of carbonyl (C=O) groups excluding carboxylic acids is 1. The van der Waals surface area contributed by atoms with Gasteiger partial charge in [-0.1, -0.05) is 6.07 Å². The lowest BCUT2D eigenvalue weighted by Gasteiger charge is -2.08. The Morgan fingerprint density at radius 3 is 2.82 bits per heavy atom. The molecule has 1 aromatic carbocycles. The first kappa shape index (κ1) is 21.3. The maximum Gasteiger partial charge on any atom is 0.230 e. The number of ether oxygens (including phenoxy) is 1. The third kappa shape index (κ3) is 4.20. The summed E-state index contributed by atoms with van der Waals surface area (Å²) < 4.78 is 22.2. The predicted molar refractivity (Wildman–Crippen MR) is 123 cm³/mol. The number of aryl methyl sites for hydroxylation is 1. The molecule has 0 spiro atoms. The molecule has 9 nitrogen and oxygen atoms in total. The molecule has 4 heterocycles. The van der Waals surface area contributed by atoms with E-state index in [1.165, 1.54) is 25.6 Å². The standard InChI is InChI=1S/C24H20FN7O2/c1-15-4-3-5-23(28-15)32-20(16-6-9-22-26-14-27-31(22)13-16)11-18(30-32)12-24(33)29-17-7-8-21(34-2)19(25)10-17/h3-11,13-14H,12H2,1-2H3,(H,29,33). The Labute approximate surface area is 193 Å². The van der Waals surface area contributed by atoms with E-state index in [1.54, 1.807) is 15.3 Å². The molecule has 170 valence electrons. The number of benzene rings is 1. The second-order valence-corrected chi connectivity index (χ2v) is 7.62. The minimum atomic E-state index is -0.555.